The molecule has 0 saturated heterocycles. The first-order valence-electron chi connectivity index (χ1n) is 8.46. The van der Waals surface area contributed by atoms with Gasteiger partial charge in [-0.05, 0) is 19.1 Å². The van der Waals surface area contributed by atoms with Crippen molar-refractivity contribution in [3.8, 4) is 17.2 Å². The number of para-hydroxylation sites is 1. The molecule has 0 bridgehead atoms. The van der Waals surface area contributed by atoms with Crippen molar-refractivity contribution in [1.29, 1.82) is 0 Å². The quantitative estimate of drug-likeness (QED) is 0.553. The lowest BCUT2D eigenvalue weighted by atomic mass is 10.3. The molecule has 1 aromatic heterocycles. The highest BCUT2D eigenvalue weighted by atomic mass is 32.1. The number of hydrazine groups is 1. The third-order valence-electron chi connectivity index (χ3n) is 3.49. The highest BCUT2D eigenvalue weighted by Gasteiger charge is 2.32. The molecule has 10 heteroatoms. The van der Waals surface area contributed by atoms with E-state index >= 15 is 0 Å². The van der Waals surface area contributed by atoms with E-state index in [0.29, 0.717) is 5.75 Å². The molecule has 2 heterocycles. The molecule has 0 fully saturated rings. The van der Waals surface area contributed by atoms with Gasteiger partial charge in [-0.1, -0.05) is 18.2 Å². The van der Waals surface area contributed by atoms with Crippen molar-refractivity contribution in [2.75, 3.05) is 26.4 Å². The van der Waals surface area contributed by atoms with E-state index in [1.165, 1.54) is 0 Å². The number of hydrogen-bond donors (Lipinski definition) is 2. The summed E-state index contributed by atoms with van der Waals surface area (Å²) in [6.45, 7) is 2.08. The molecule has 1 aliphatic heterocycles. The van der Waals surface area contributed by atoms with Crippen LogP contribution in [0.2, 0.25) is 0 Å². The summed E-state index contributed by atoms with van der Waals surface area (Å²) < 4.78 is 21.2. The lowest BCUT2D eigenvalue weighted by molar-refractivity contribution is -0.123. The smallest absolute Gasteiger partial charge is 0.352 e. The van der Waals surface area contributed by atoms with Gasteiger partial charge in [-0.2, -0.15) is 0 Å². The zero-order valence-corrected chi connectivity index (χ0v) is 15.8. The first-order valence-corrected chi connectivity index (χ1v) is 9.28. The van der Waals surface area contributed by atoms with Crippen molar-refractivity contribution in [2.45, 2.75) is 6.92 Å². The number of carbonyl (C=O) groups is 3. The van der Waals surface area contributed by atoms with Gasteiger partial charge in [-0.15, -0.1) is 11.3 Å². The third kappa shape index (κ3) is 4.52. The van der Waals surface area contributed by atoms with Crippen molar-refractivity contribution >= 4 is 29.1 Å². The molecule has 0 unspecified atom stereocenters. The number of benzene rings is 1. The van der Waals surface area contributed by atoms with Crippen LogP contribution in [0.4, 0.5) is 0 Å². The zero-order chi connectivity index (χ0) is 19.9. The fourth-order valence-corrected chi connectivity index (χ4v) is 3.29. The molecular formula is C18H18N2O7S. The highest BCUT2D eigenvalue weighted by molar-refractivity contribution is 7.16. The molecule has 0 spiro atoms. The van der Waals surface area contributed by atoms with Crippen LogP contribution in [0.3, 0.4) is 0 Å². The summed E-state index contributed by atoms with van der Waals surface area (Å²) in [7, 11) is 0. The number of amides is 2. The minimum atomic E-state index is -0.643. The van der Waals surface area contributed by atoms with Gasteiger partial charge in [0, 0.05) is 0 Å². The molecule has 2 aromatic rings. The summed E-state index contributed by atoms with van der Waals surface area (Å²) in [5.41, 5.74) is 4.53. The number of carbonyl (C=O) groups excluding carboxylic acids is 3. The van der Waals surface area contributed by atoms with Gasteiger partial charge in [0.25, 0.3) is 11.8 Å². The van der Waals surface area contributed by atoms with E-state index in [1.807, 2.05) is 6.07 Å². The van der Waals surface area contributed by atoms with E-state index in [-0.39, 0.29) is 47.7 Å². The summed E-state index contributed by atoms with van der Waals surface area (Å²) in [4.78, 5) is 36.6. The van der Waals surface area contributed by atoms with Crippen LogP contribution in [0.15, 0.2) is 30.3 Å². The van der Waals surface area contributed by atoms with E-state index in [0.717, 1.165) is 11.3 Å². The molecule has 2 N–H and O–H groups in total. The third-order valence-corrected chi connectivity index (χ3v) is 4.63. The van der Waals surface area contributed by atoms with Gasteiger partial charge in [-0.25, -0.2) is 4.79 Å². The van der Waals surface area contributed by atoms with Crippen molar-refractivity contribution in [2.24, 2.45) is 0 Å². The van der Waals surface area contributed by atoms with Gasteiger partial charge in [0.2, 0.25) is 0 Å². The van der Waals surface area contributed by atoms with Crippen LogP contribution in [-0.4, -0.2) is 44.2 Å². The first-order chi connectivity index (χ1) is 13.6. The molecule has 0 aliphatic carbocycles. The Kier molecular flexibility index (Phi) is 6.33. The van der Waals surface area contributed by atoms with Gasteiger partial charge in [0.15, 0.2) is 23.0 Å². The van der Waals surface area contributed by atoms with E-state index in [9.17, 15) is 14.4 Å². The fraction of sp³-hybridized carbons (Fsp3) is 0.278. The number of nitrogens with one attached hydrogen (secondary N) is 2. The first kappa shape index (κ1) is 19.5. The predicted molar refractivity (Wildman–Crippen MR) is 98.8 cm³/mol. The summed E-state index contributed by atoms with van der Waals surface area (Å²) >= 11 is 0.874. The Hall–Kier alpha value is -3.27. The molecule has 28 heavy (non-hydrogen) atoms. The molecule has 1 aromatic carbocycles. The molecule has 0 atom stereocenters. The monoisotopic (exact) mass is 406 g/mol. The summed E-state index contributed by atoms with van der Waals surface area (Å²) in [5.74, 6) is -0.930. The van der Waals surface area contributed by atoms with Crippen LogP contribution < -0.4 is 25.1 Å². The normalized spacial score (nSPS) is 12.0. The fourth-order valence-electron chi connectivity index (χ4n) is 2.32. The highest BCUT2D eigenvalue weighted by Crippen LogP contribution is 2.44. The number of esters is 1. The van der Waals surface area contributed by atoms with Crippen LogP contribution >= 0.6 is 11.3 Å². The van der Waals surface area contributed by atoms with Crippen molar-refractivity contribution < 1.29 is 33.3 Å². The van der Waals surface area contributed by atoms with Crippen molar-refractivity contribution in [3.05, 3.63) is 40.1 Å². The second-order valence-corrected chi connectivity index (χ2v) is 6.46. The maximum absolute atomic E-state index is 12.4. The number of ether oxygens (including phenoxy) is 4. The van der Waals surface area contributed by atoms with E-state index in [4.69, 9.17) is 18.9 Å². The number of thiophene rings is 1. The van der Waals surface area contributed by atoms with Crippen LogP contribution in [0.1, 0.15) is 26.3 Å². The maximum atomic E-state index is 12.4. The Labute approximate surface area is 164 Å². The molecule has 0 saturated carbocycles. The Bertz CT molecular complexity index is 866. The van der Waals surface area contributed by atoms with E-state index in [2.05, 4.69) is 10.9 Å². The molecular weight excluding hydrogens is 388 g/mol. The van der Waals surface area contributed by atoms with Crippen LogP contribution in [-0.2, 0) is 9.53 Å². The van der Waals surface area contributed by atoms with E-state index in [1.54, 1.807) is 31.2 Å². The SMILES string of the molecule is CCOC(=O)c1sc(C(=O)NNC(=O)COc2ccccc2)c2c1OCCO2. The molecule has 9 nitrogen and oxygen atoms in total. The average Bonchev–Trinajstić information content (AvgIpc) is 3.11. The van der Waals surface area contributed by atoms with Crippen molar-refractivity contribution in [1.82, 2.24) is 10.9 Å². The minimum Gasteiger partial charge on any atom is -0.484 e. The van der Waals surface area contributed by atoms with Gasteiger partial charge >= 0.3 is 5.97 Å². The predicted octanol–water partition coefficient (Wildman–Crippen LogP) is 1.54. The number of fused-ring (bicyclic) bond motifs is 1. The number of hydrogen-bond acceptors (Lipinski definition) is 8. The van der Waals surface area contributed by atoms with Gasteiger partial charge in [-0.3, -0.25) is 20.4 Å². The standard InChI is InChI=1S/C18H18N2O7S/c1-2-24-18(23)16-14-13(25-8-9-26-14)15(28-16)17(22)20-19-12(21)10-27-11-6-4-3-5-7-11/h3-7H,2,8-10H2,1H3,(H,19,21)(H,20,22). The largest absolute Gasteiger partial charge is 0.484 e. The van der Waals surface area contributed by atoms with E-state index < -0.39 is 17.8 Å². The van der Waals surface area contributed by atoms with Gasteiger partial charge in [0.05, 0.1) is 6.61 Å². The van der Waals surface area contributed by atoms with Gasteiger partial charge < -0.3 is 18.9 Å². The second-order valence-electron chi connectivity index (χ2n) is 5.44. The summed E-state index contributed by atoms with van der Waals surface area (Å²) in [6, 6.07) is 8.79. The lowest BCUT2D eigenvalue weighted by Crippen LogP contribution is -2.43. The topological polar surface area (TPSA) is 112 Å². The Morgan fingerprint density at radius 2 is 1.71 bits per heavy atom. The Morgan fingerprint density at radius 1 is 1.04 bits per heavy atom. The number of rotatable bonds is 6. The average molecular weight is 406 g/mol. The second kappa shape index (κ2) is 9.09. The molecule has 1 aliphatic rings. The van der Waals surface area contributed by atoms with Gasteiger partial charge in [0.1, 0.15) is 23.8 Å². The Morgan fingerprint density at radius 3 is 2.39 bits per heavy atom. The van der Waals surface area contributed by atoms with Crippen LogP contribution in [0.5, 0.6) is 17.2 Å². The minimum absolute atomic E-state index is 0.0991. The summed E-state index contributed by atoms with van der Waals surface area (Å²) in [6.07, 6.45) is 0. The molecule has 148 valence electrons. The zero-order valence-electron chi connectivity index (χ0n) is 15.0. The molecule has 2 amide bonds. The molecule has 3 rings (SSSR count). The van der Waals surface area contributed by atoms with Crippen LogP contribution in [0.25, 0.3) is 0 Å². The summed E-state index contributed by atoms with van der Waals surface area (Å²) in [5, 5.41) is 0. The van der Waals surface area contributed by atoms with Crippen molar-refractivity contribution in [3.63, 3.8) is 0 Å². The lowest BCUT2D eigenvalue weighted by Gasteiger charge is -2.16. The Balaban J connectivity index is 1.62. The maximum Gasteiger partial charge on any atom is 0.352 e. The molecule has 0 radical (unpaired) electrons. The van der Waals surface area contributed by atoms with Crippen LogP contribution in [0, 0.1) is 0 Å².